The first-order valence-corrected chi connectivity index (χ1v) is 5.28. The molecule has 5 heteroatoms. The topological polar surface area (TPSA) is 41.6 Å². The molecule has 74 valence electrons. The van der Waals surface area contributed by atoms with E-state index in [-0.39, 0.29) is 0 Å². The third kappa shape index (κ3) is 1.89. The second-order valence-electron chi connectivity index (χ2n) is 2.83. The van der Waals surface area contributed by atoms with Crippen molar-refractivity contribution in [3.05, 3.63) is 45.8 Å². The van der Waals surface area contributed by atoms with Gasteiger partial charge in [-0.15, -0.1) is 0 Å². The second-order valence-corrected chi connectivity index (χ2v) is 4.16. The van der Waals surface area contributed by atoms with Gasteiger partial charge in [0.2, 0.25) is 0 Å². The van der Waals surface area contributed by atoms with Crippen molar-refractivity contribution in [2.75, 3.05) is 0 Å². The maximum Gasteiger partial charge on any atom is 0.156 e. The van der Waals surface area contributed by atoms with Crippen molar-refractivity contribution >= 4 is 27.5 Å². The summed E-state index contributed by atoms with van der Waals surface area (Å²) in [4.78, 5) is 4.16. The minimum Gasteiger partial charge on any atom is -0.291 e. The van der Waals surface area contributed by atoms with E-state index in [1.165, 1.54) is 0 Å². The molecule has 2 aromatic heterocycles. The lowest BCUT2D eigenvalue weighted by Crippen LogP contribution is -1.99. The highest BCUT2D eigenvalue weighted by molar-refractivity contribution is 9.10. The number of aromatic nitrogens is 2. The quantitative estimate of drug-likeness (QED) is 0.806. The van der Waals surface area contributed by atoms with Crippen molar-refractivity contribution in [1.29, 1.82) is 5.26 Å². The maximum absolute atomic E-state index is 8.86. The number of rotatable bonds is 1. The van der Waals surface area contributed by atoms with Gasteiger partial charge >= 0.3 is 0 Å². The third-order valence-corrected chi connectivity index (χ3v) is 2.59. The molecule has 0 unspecified atom stereocenters. The van der Waals surface area contributed by atoms with Crippen molar-refractivity contribution in [2.45, 2.75) is 0 Å². The lowest BCUT2D eigenvalue weighted by Gasteiger charge is -2.05. The molecule has 15 heavy (non-hydrogen) atoms. The number of nitriles is 1. The fraction of sp³-hybridized carbons (Fsp3) is 0. The molecule has 0 radical (unpaired) electrons. The van der Waals surface area contributed by atoms with Crippen molar-refractivity contribution in [3.8, 4) is 11.9 Å². The Balaban J connectivity index is 2.60. The van der Waals surface area contributed by atoms with E-state index in [4.69, 9.17) is 16.9 Å². The van der Waals surface area contributed by atoms with Gasteiger partial charge in [-0.2, -0.15) is 5.26 Å². The molecule has 2 rings (SSSR count). The van der Waals surface area contributed by atoms with Gasteiger partial charge in [-0.3, -0.25) is 4.57 Å². The number of hydrogen-bond donors (Lipinski definition) is 0. The molecule has 0 amide bonds. The van der Waals surface area contributed by atoms with Crippen LogP contribution in [-0.2, 0) is 0 Å². The van der Waals surface area contributed by atoms with Crippen LogP contribution in [0.4, 0.5) is 0 Å². The number of halogens is 2. The van der Waals surface area contributed by atoms with Gasteiger partial charge in [0.1, 0.15) is 11.8 Å². The molecule has 0 aliphatic carbocycles. The predicted octanol–water partition coefficient (Wildman–Crippen LogP) is 3.16. The minimum atomic E-state index is 0.497. The molecule has 0 bridgehead atoms. The van der Waals surface area contributed by atoms with Crippen molar-refractivity contribution in [2.24, 2.45) is 0 Å². The molecule has 0 saturated carbocycles. The summed E-state index contributed by atoms with van der Waals surface area (Å²) in [6, 6.07) is 7.29. The van der Waals surface area contributed by atoms with E-state index in [1.807, 2.05) is 0 Å². The summed E-state index contributed by atoms with van der Waals surface area (Å²) in [7, 11) is 0. The van der Waals surface area contributed by atoms with Crippen LogP contribution in [0.25, 0.3) is 5.82 Å². The highest BCUT2D eigenvalue weighted by atomic mass is 79.9. The summed E-state index contributed by atoms with van der Waals surface area (Å²) < 4.78 is 2.45. The van der Waals surface area contributed by atoms with Gasteiger partial charge in [-0.05, 0) is 34.1 Å². The minimum absolute atomic E-state index is 0.497. The smallest absolute Gasteiger partial charge is 0.156 e. The zero-order valence-electron chi connectivity index (χ0n) is 7.48. The van der Waals surface area contributed by atoms with Gasteiger partial charge in [-0.25, -0.2) is 4.98 Å². The zero-order valence-corrected chi connectivity index (χ0v) is 9.83. The predicted molar refractivity (Wildman–Crippen MR) is 61.0 cm³/mol. The molecule has 3 nitrogen and oxygen atoms in total. The summed E-state index contributed by atoms with van der Waals surface area (Å²) in [6.07, 6.45) is 3.39. The number of nitrogens with zero attached hydrogens (tertiary/aromatic N) is 3. The number of hydrogen-bond acceptors (Lipinski definition) is 2. The Morgan fingerprint density at radius 2 is 2.33 bits per heavy atom. The molecule has 0 aromatic carbocycles. The van der Waals surface area contributed by atoms with Gasteiger partial charge in [0.15, 0.2) is 5.82 Å². The monoisotopic (exact) mass is 281 g/mol. The Morgan fingerprint density at radius 3 is 3.00 bits per heavy atom. The van der Waals surface area contributed by atoms with Crippen LogP contribution < -0.4 is 0 Å². The fourth-order valence-electron chi connectivity index (χ4n) is 1.24. The standard InChI is InChI=1S/C10H5BrClN3/c11-7-4-9(12)10(14-6-7)15-3-1-2-8(15)5-13/h1-4,6H. The Morgan fingerprint density at radius 1 is 1.53 bits per heavy atom. The van der Waals surface area contributed by atoms with Gasteiger partial charge in [0.25, 0.3) is 0 Å². The van der Waals surface area contributed by atoms with Gasteiger partial charge < -0.3 is 0 Å². The Bertz CT molecular complexity index is 542. The van der Waals surface area contributed by atoms with Crippen LogP contribution in [0.1, 0.15) is 5.69 Å². The van der Waals surface area contributed by atoms with Gasteiger partial charge in [-0.1, -0.05) is 11.6 Å². The first-order valence-electron chi connectivity index (χ1n) is 4.11. The number of pyridine rings is 1. The molecule has 0 aliphatic heterocycles. The summed E-state index contributed by atoms with van der Waals surface area (Å²) in [5.41, 5.74) is 0.506. The lowest BCUT2D eigenvalue weighted by molar-refractivity contribution is 0.986. The highest BCUT2D eigenvalue weighted by Gasteiger charge is 2.08. The molecule has 0 atom stereocenters. The van der Waals surface area contributed by atoms with Crippen LogP contribution in [0, 0.1) is 11.3 Å². The Hall–Kier alpha value is -1.31. The first-order chi connectivity index (χ1) is 7.22. The summed E-state index contributed by atoms with van der Waals surface area (Å²) in [6.45, 7) is 0. The molecule has 0 saturated heterocycles. The van der Waals surface area contributed by atoms with E-state index in [2.05, 4.69) is 27.0 Å². The summed E-state index contributed by atoms with van der Waals surface area (Å²) >= 11 is 9.30. The van der Waals surface area contributed by atoms with E-state index >= 15 is 0 Å². The van der Waals surface area contributed by atoms with Crippen LogP contribution in [0.5, 0.6) is 0 Å². The van der Waals surface area contributed by atoms with Crippen LogP contribution in [0.3, 0.4) is 0 Å². The second kappa shape index (κ2) is 4.05. The van der Waals surface area contributed by atoms with E-state index in [0.717, 1.165) is 4.47 Å². The van der Waals surface area contributed by atoms with Crippen LogP contribution >= 0.6 is 27.5 Å². The van der Waals surface area contributed by atoms with Crippen molar-refractivity contribution < 1.29 is 0 Å². The maximum atomic E-state index is 8.86. The lowest BCUT2D eigenvalue weighted by atomic mass is 10.4. The van der Waals surface area contributed by atoms with E-state index in [9.17, 15) is 0 Å². The Labute approximate surface area is 100 Å². The van der Waals surface area contributed by atoms with Crippen molar-refractivity contribution in [3.63, 3.8) is 0 Å². The SMILES string of the molecule is N#Cc1cccn1-c1ncc(Br)cc1Cl. The van der Waals surface area contributed by atoms with Crippen LogP contribution in [0.15, 0.2) is 35.1 Å². The van der Waals surface area contributed by atoms with Crippen molar-refractivity contribution in [1.82, 2.24) is 9.55 Å². The van der Waals surface area contributed by atoms with Crippen LogP contribution in [-0.4, -0.2) is 9.55 Å². The van der Waals surface area contributed by atoms with Crippen LogP contribution in [0.2, 0.25) is 5.02 Å². The summed E-state index contributed by atoms with van der Waals surface area (Å²) in [5.74, 6) is 0.557. The average molecular weight is 283 g/mol. The van der Waals surface area contributed by atoms with E-state index in [0.29, 0.717) is 16.5 Å². The van der Waals surface area contributed by atoms with Gasteiger partial charge in [0, 0.05) is 16.9 Å². The normalized spacial score (nSPS) is 9.93. The molecular formula is C10H5BrClN3. The third-order valence-electron chi connectivity index (χ3n) is 1.88. The van der Waals surface area contributed by atoms with E-state index < -0.39 is 0 Å². The highest BCUT2D eigenvalue weighted by Crippen LogP contribution is 2.23. The first kappa shape index (κ1) is 10.2. The molecule has 2 aromatic rings. The molecule has 0 N–H and O–H groups in total. The largest absolute Gasteiger partial charge is 0.291 e. The summed E-state index contributed by atoms with van der Waals surface area (Å²) in [5, 5.41) is 9.36. The molecule has 2 heterocycles. The molecular weight excluding hydrogens is 277 g/mol. The zero-order chi connectivity index (χ0) is 10.8. The Kier molecular flexibility index (Phi) is 2.76. The molecule has 0 aliphatic rings. The molecule has 0 spiro atoms. The average Bonchev–Trinajstić information content (AvgIpc) is 2.65. The van der Waals surface area contributed by atoms with Gasteiger partial charge in [0.05, 0.1) is 5.02 Å². The van der Waals surface area contributed by atoms with E-state index in [1.54, 1.807) is 35.2 Å². The molecule has 0 fully saturated rings. The fourth-order valence-corrected chi connectivity index (χ4v) is 1.96.